The Labute approximate surface area is 109 Å². The molecule has 0 spiro atoms. The van der Waals surface area contributed by atoms with Gasteiger partial charge < -0.3 is 15.3 Å². The van der Waals surface area contributed by atoms with Crippen LogP contribution in [0.25, 0.3) is 0 Å². The molecule has 1 rings (SSSR count). The number of hydrogen-bond donors (Lipinski definition) is 2. The molecular formula is C14H22N2O2. The highest BCUT2D eigenvalue weighted by Gasteiger charge is 2.10. The first-order valence-electron chi connectivity index (χ1n) is 6.19. The maximum Gasteiger partial charge on any atom is 0.236 e. The Morgan fingerprint density at radius 2 is 1.83 bits per heavy atom. The summed E-state index contributed by atoms with van der Waals surface area (Å²) in [5.74, 6) is 0.0944. The van der Waals surface area contributed by atoms with E-state index in [1.165, 1.54) is 0 Å². The molecular weight excluding hydrogens is 228 g/mol. The van der Waals surface area contributed by atoms with Crippen molar-refractivity contribution < 1.29 is 9.90 Å². The summed E-state index contributed by atoms with van der Waals surface area (Å²) in [6, 6.07) is 7.91. The van der Waals surface area contributed by atoms with Crippen LogP contribution in [0.1, 0.15) is 25.0 Å². The minimum absolute atomic E-state index is 0.0609. The number of aliphatic hydroxyl groups excluding tert-OH is 1. The van der Waals surface area contributed by atoms with E-state index in [9.17, 15) is 4.79 Å². The number of rotatable bonds is 6. The largest absolute Gasteiger partial charge is 0.392 e. The molecule has 0 saturated carbocycles. The lowest BCUT2D eigenvalue weighted by Crippen LogP contribution is -2.39. The van der Waals surface area contributed by atoms with Gasteiger partial charge in [0.25, 0.3) is 0 Å². The van der Waals surface area contributed by atoms with E-state index in [2.05, 4.69) is 5.32 Å². The molecule has 0 atom stereocenters. The van der Waals surface area contributed by atoms with Crippen LogP contribution in [0.15, 0.2) is 24.3 Å². The zero-order valence-corrected chi connectivity index (χ0v) is 11.3. The van der Waals surface area contributed by atoms with E-state index >= 15 is 0 Å². The number of amides is 1. The zero-order chi connectivity index (χ0) is 13.5. The Morgan fingerprint density at radius 1 is 1.28 bits per heavy atom. The second-order valence-electron chi connectivity index (χ2n) is 4.68. The van der Waals surface area contributed by atoms with E-state index in [1.54, 1.807) is 4.90 Å². The summed E-state index contributed by atoms with van der Waals surface area (Å²) >= 11 is 0. The highest BCUT2D eigenvalue weighted by Crippen LogP contribution is 2.04. The van der Waals surface area contributed by atoms with Crippen LogP contribution in [0.2, 0.25) is 0 Å². The molecule has 0 aliphatic carbocycles. The smallest absolute Gasteiger partial charge is 0.236 e. The summed E-state index contributed by atoms with van der Waals surface area (Å²) < 4.78 is 0. The Hall–Kier alpha value is -1.39. The van der Waals surface area contributed by atoms with Crippen molar-refractivity contribution in [3.63, 3.8) is 0 Å². The van der Waals surface area contributed by atoms with Crippen molar-refractivity contribution in [1.29, 1.82) is 0 Å². The molecule has 0 saturated heterocycles. The molecule has 4 heteroatoms. The molecule has 4 nitrogen and oxygen atoms in total. The molecule has 0 unspecified atom stereocenters. The molecule has 18 heavy (non-hydrogen) atoms. The Bertz CT molecular complexity index is 374. The lowest BCUT2D eigenvalue weighted by atomic mass is 10.1. The standard InChI is InChI=1S/C14H22N2O2/c1-11(2)16(3)14(18)9-15-8-12-4-6-13(10-17)7-5-12/h4-7,11,15,17H,8-10H2,1-3H3. The molecule has 0 fully saturated rings. The van der Waals surface area contributed by atoms with Crippen molar-refractivity contribution in [2.75, 3.05) is 13.6 Å². The first-order chi connectivity index (χ1) is 8.54. The molecule has 0 aliphatic rings. The molecule has 2 N–H and O–H groups in total. The summed E-state index contributed by atoms with van der Waals surface area (Å²) in [5, 5.41) is 12.0. The summed E-state index contributed by atoms with van der Waals surface area (Å²) in [7, 11) is 1.81. The number of nitrogens with one attached hydrogen (secondary N) is 1. The van der Waals surface area contributed by atoms with Crippen molar-refractivity contribution in [2.24, 2.45) is 0 Å². The maximum atomic E-state index is 11.7. The van der Waals surface area contributed by atoms with Gasteiger partial charge in [0.05, 0.1) is 13.2 Å². The number of benzene rings is 1. The summed E-state index contributed by atoms with van der Waals surface area (Å²) in [4.78, 5) is 13.4. The van der Waals surface area contributed by atoms with Gasteiger partial charge in [0.2, 0.25) is 5.91 Å². The van der Waals surface area contributed by atoms with Crippen molar-refractivity contribution in [3.05, 3.63) is 35.4 Å². The van der Waals surface area contributed by atoms with Crippen LogP contribution in [0.4, 0.5) is 0 Å². The predicted molar refractivity (Wildman–Crippen MR) is 72.0 cm³/mol. The fraction of sp³-hybridized carbons (Fsp3) is 0.500. The number of nitrogens with zero attached hydrogens (tertiary/aromatic N) is 1. The van der Waals surface area contributed by atoms with Crippen molar-refractivity contribution in [3.8, 4) is 0 Å². The van der Waals surface area contributed by atoms with Gasteiger partial charge in [0.15, 0.2) is 0 Å². The average molecular weight is 250 g/mol. The van der Waals surface area contributed by atoms with Crippen LogP contribution in [-0.4, -0.2) is 35.5 Å². The highest BCUT2D eigenvalue weighted by molar-refractivity contribution is 5.78. The van der Waals surface area contributed by atoms with Gasteiger partial charge in [0.1, 0.15) is 0 Å². The SMILES string of the molecule is CC(C)N(C)C(=O)CNCc1ccc(CO)cc1. The van der Waals surface area contributed by atoms with Crippen LogP contribution in [-0.2, 0) is 17.9 Å². The zero-order valence-electron chi connectivity index (χ0n) is 11.3. The maximum absolute atomic E-state index is 11.7. The molecule has 0 heterocycles. The van der Waals surface area contributed by atoms with E-state index in [-0.39, 0.29) is 18.6 Å². The van der Waals surface area contributed by atoms with Crippen molar-refractivity contribution in [1.82, 2.24) is 10.2 Å². The van der Waals surface area contributed by atoms with Gasteiger partial charge in [-0.1, -0.05) is 24.3 Å². The van der Waals surface area contributed by atoms with Crippen LogP contribution < -0.4 is 5.32 Å². The van der Waals surface area contributed by atoms with Crippen LogP contribution in [0.5, 0.6) is 0 Å². The number of hydrogen-bond acceptors (Lipinski definition) is 3. The number of carbonyl (C=O) groups excluding carboxylic acids is 1. The third-order valence-corrected chi connectivity index (χ3v) is 2.98. The van der Waals surface area contributed by atoms with Crippen LogP contribution >= 0.6 is 0 Å². The van der Waals surface area contributed by atoms with Gasteiger partial charge in [-0.05, 0) is 25.0 Å². The normalized spacial score (nSPS) is 10.7. The first-order valence-corrected chi connectivity index (χ1v) is 6.19. The minimum Gasteiger partial charge on any atom is -0.392 e. The van der Waals surface area contributed by atoms with E-state index in [4.69, 9.17) is 5.11 Å². The first kappa shape index (κ1) is 14.7. The summed E-state index contributed by atoms with van der Waals surface area (Å²) in [6.07, 6.45) is 0. The van der Waals surface area contributed by atoms with Crippen molar-refractivity contribution in [2.45, 2.75) is 33.0 Å². The predicted octanol–water partition coefficient (Wildman–Crippen LogP) is 1.14. The average Bonchev–Trinajstić information content (AvgIpc) is 2.38. The van der Waals surface area contributed by atoms with Gasteiger partial charge in [-0.25, -0.2) is 0 Å². The van der Waals surface area contributed by atoms with E-state index in [1.807, 2.05) is 45.2 Å². The number of carbonyl (C=O) groups is 1. The van der Waals surface area contributed by atoms with Crippen LogP contribution in [0, 0.1) is 0 Å². The third kappa shape index (κ3) is 4.47. The van der Waals surface area contributed by atoms with E-state index < -0.39 is 0 Å². The topological polar surface area (TPSA) is 52.6 Å². The van der Waals surface area contributed by atoms with Crippen molar-refractivity contribution >= 4 is 5.91 Å². The lowest BCUT2D eigenvalue weighted by molar-refractivity contribution is -0.130. The van der Waals surface area contributed by atoms with Gasteiger partial charge >= 0.3 is 0 Å². The molecule has 1 aromatic carbocycles. The molecule has 1 amide bonds. The monoisotopic (exact) mass is 250 g/mol. The Kier molecular flexibility index (Phi) is 5.82. The van der Waals surface area contributed by atoms with Gasteiger partial charge in [0, 0.05) is 19.6 Å². The molecule has 1 aromatic rings. The lowest BCUT2D eigenvalue weighted by Gasteiger charge is -2.21. The fourth-order valence-corrected chi connectivity index (χ4v) is 1.49. The molecule has 100 valence electrons. The quantitative estimate of drug-likeness (QED) is 0.796. The van der Waals surface area contributed by atoms with Gasteiger partial charge in [-0.2, -0.15) is 0 Å². The second kappa shape index (κ2) is 7.13. The fourth-order valence-electron chi connectivity index (χ4n) is 1.49. The number of aliphatic hydroxyl groups is 1. The molecule has 0 aliphatic heterocycles. The van der Waals surface area contributed by atoms with E-state index in [0.29, 0.717) is 13.1 Å². The summed E-state index contributed by atoms with van der Waals surface area (Å²) in [5.41, 5.74) is 2.00. The Balaban J connectivity index is 2.35. The number of likely N-dealkylation sites (N-methyl/N-ethyl adjacent to an activating group) is 1. The Morgan fingerprint density at radius 3 is 2.33 bits per heavy atom. The minimum atomic E-state index is 0.0609. The summed E-state index contributed by atoms with van der Waals surface area (Å²) in [6.45, 7) is 5.04. The van der Waals surface area contributed by atoms with Gasteiger partial charge in [-0.15, -0.1) is 0 Å². The molecule has 0 aromatic heterocycles. The molecule has 0 radical (unpaired) electrons. The van der Waals surface area contributed by atoms with Crippen LogP contribution in [0.3, 0.4) is 0 Å². The molecule has 0 bridgehead atoms. The second-order valence-corrected chi connectivity index (χ2v) is 4.68. The third-order valence-electron chi connectivity index (χ3n) is 2.98. The van der Waals surface area contributed by atoms with Gasteiger partial charge in [-0.3, -0.25) is 4.79 Å². The van der Waals surface area contributed by atoms with E-state index in [0.717, 1.165) is 11.1 Å². The highest BCUT2D eigenvalue weighted by atomic mass is 16.3.